The molecule has 0 spiro atoms. The van der Waals surface area contributed by atoms with Crippen LogP contribution < -0.4 is 4.74 Å². The smallest absolute Gasteiger partial charge is 0.349 e. The molecule has 1 rings (SSSR count). The van der Waals surface area contributed by atoms with E-state index in [1.165, 1.54) is 7.11 Å². The second kappa shape index (κ2) is 5.34. The maximum Gasteiger partial charge on any atom is 0.349 e. The average Bonchev–Trinajstić information content (AvgIpc) is 2.28. The molecule has 0 aliphatic rings. The summed E-state index contributed by atoms with van der Waals surface area (Å²) in [7, 11) is 1.35. The van der Waals surface area contributed by atoms with E-state index in [4.69, 9.17) is 4.74 Å². The summed E-state index contributed by atoms with van der Waals surface area (Å²) in [5, 5.41) is 0.799. The quantitative estimate of drug-likeness (QED) is 0.631. The molecule has 1 aromatic rings. The molecule has 0 amide bonds. The Morgan fingerprint density at radius 2 is 1.88 bits per heavy atom. The first-order chi connectivity index (χ1) is 7.49. The molecule has 0 unspecified atom stereocenters. The number of esters is 1. The fourth-order valence-corrected chi connectivity index (χ4v) is 1.60. The van der Waals surface area contributed by atoms with Crippen molar-refractivity contribution in [3.63, 3.8) is 0 Å². The highest BCUT2D eigenvalue weighted by Crippen LogP contribution is 2.20. The fraction of sp³-hybridized carbons (Fsp3) is 0.417. The Morgan fingerprint density at radius 3 is 2.31 bits per heavy atom. The summed E-state index contributed by atoms with van der Waals surface area (Å²) in [4.78, 5) is 11.4. The van der Waals surface area contributed by atoms with Crippen molar-refractivity contribution < 1.29 is 14.3 Å². The van der Waals surface area contributed by atoms with Gasteiger partial charge in [-0.2, -0.15) is 0 Å². The normalized spacial score (nSPS) is 11.0. The van der Waals surface area contributed by atoms with Gasteiger partial charge in [0.05, 0.1) is 7.11 Å². The highest BCUT2D eigenvalue weighted by molar-refractivity contribution is 9.08. The van der Waals surface area contributed by atoms with Gasteiger partial charge in [-0.15, -0.1) is 0 Å². The van der Waals surface area contributed by atoms with Gasteiger partial charge in [-0.1, -0.05) is 28.1 Å². The molecule has 16 heavy (non-hydrogen) atoms. The fourth-order valence-electron chi connectivity index (χ4n) is 1.23. The van der Waals surface area contributed by atoms with Gasteiger partial charge in [0.15, 0.2) is 5.60 Å². The van der Waals surface area contributed by atoms with Gasteiger partial charge in [-0.3, -0.25) is 0 Å². The molecule has 0 saturated carbocycles. The van der Waals surface area contributed by atoms with Crippen LogP contribution in [0.4, 0.5) is 0 Å². The lowest BCUT2D eigenvalue weighted by atomic mass is 10.1. The van der Waals surface area contributed by atoms with E-state index in [-0.39, 0.29) is 0 Å². The van der Waals surface area contributed by atoms with Crippen molar-refractivity contribution in [2.24, 2.45) is 0 Å². The summed E-state index contributed by atoms with van der Waals surface area (Å²) in [5.74, 6) is 0.261. The first kappa shape index (κ1) is 13.0. The number of carbonyl (C=O) groups excluding carboxylic acids is 1. The largest absolute Gasteiger partial charge is 0.476 e. The summed E-state index contributed by atoms with van der Waals surface area (Å²) in [6.45, 7) is 3.36. The Labute approximate surface area is 104 Å². The Hall–Kier alpha value is -1.03. The first-order valence-electron chi connectivity index (χ1n) is 4.92. The molecule has 0 radical (unpaired) electrons. The van der Waals surface area contributed by atoms with E-state index in [0.717, 1.165) is 10.9 Å². The van der Waals surface area contributed by atoms with Gasteiger partial charge in [0.25, 0.3) is 0 Å². The molecular formula is C12H15BrO3. The number of methoxy groups -OCH3 is 1. The Bertz CT molecular complexity index is 357. The second-order valence-corrected chi connectivity index (χ2v) is 4.44. The van der Waals surface area contributed by atoms with Crippen molar-refractivity contribution in [3.8, 4) is 5.75 Å². The van der Waals surface area contributed by atoms with Crippen molar-refractivity contribution in [1.29, 1.82) is 0 Å². The third kappa shape index (κ3) is 3.23. The highest BCUT2D eigenvalue weighted by atomic mass is 79.9. The van der Waals surface area contributed by atoms with Crippen LogP contribution >= 0.6 is 15.9 Å². The van der Waals surface area contributed by atoms with Crippen LogP contribution in [-0.4, -0.2) is 18.7 Å². The standard InChI is InChI=1S/C12H15BrO3/c1-12(2,11(14)15-3)16-10-6-4-9(8-13)5-7-10/h4-7H,8H2,1-3H3. The number of benzene rings is 1. The molecule has 1 aromatic carbocycles. The summed E-state index contributed by atoms with van der Waals surface area (Å²) in [6.07, 6.45) is 0. The minimum atomic E-state index is -0.968. The van der Waals surface area contributed by atoms with Crippen molar-refractivity contribution >= 4 is 21.9 Å². The molecular weight excluding hydrogens is 272 g/mol. The van der Waals surface area contributed by atoms with Crippen molar-refractivity contribution in [2.45, 2.75) is 24.8 Å². The van der Waals surface area contributed by atoms with Crippen LogP contribution in [0.15, 0.2) is 24.3 Å². The molecule has 0 fully saturated rings. The number of carbonyl (C=O) groups is 1. The molecule has 0 heterocycles. The summed E-state index contributed by atoms with van der Waals surface area (Å²) >= 11 is 3.36. The molecule has 4 heteroatoms. The van der Waals surface area contributed by atoms with Gasteiger partial charge in [0.2, 0.25) is 0 Å². The van der Waals surface area contributed by atoms with Crippen molar-refractivity contribution in [3.05, 3.63) is 29.8 Å². The van der Waals surface area contributed by atoms with Gasteiger partial charge < -0.3 is 9.47 Å². The molecule has 0 saturated heterocycles. The van der Waals surface area contributed by atoms with E-state index in [9.17, 15) is 4.79 Å². The topological polar surface area (TPSA) is 35.5 Å². The van der Waals surface area contributed by atoms with E-state index in [1.54, 1.807) is 13.8 Å². The van der Waals surface area contributed by atoms with Gasteiger partial charge in [0, 0.05) is 5.33 Å². The minimum Gasteiger partial charge on any atom is -0.476 e. The molecule has 0 aromatic heterocycles. The van der Waals surface area contributed by atoms with Crippen LogP contribution in [0, 0.1) is 0 Å². The lowest BCUT2D eigenvalue weighted by Gasteiger charge is -2.23. The minimum absolute atomic E-state index is 0.392. The number of hydrogen-bond donors (Lipinski definition) is 0. The zero-order chi connectivity index (χ0) is 12.2. The van der Waals surface area contributed by atoms with Crippen LogP contribution in [-0.2, 0) is 14.9 Å². The van der Waals surface area contributed by atoms with E-state index < -0.39 is 11.6 Å². The Balaban J connectivity index is 2.76. The average molecular weight is 287 g/mol. The Morgan fingerprint density at radius 1 is 1.31 bits per heavy atom. The maximum absolute atomic E-state index is 11.4. The van der Waals surface area contributed by atoms with Crippen LogP contribution in [0.25, 0.3) is 0 Å². The maximum atomic E-state index is 11.4. The summed E-state index contributed by atoms with van der Waals surface area (Å²) < 4.78 is 10.2. The number of hydrogen-bond acceptors (Lipinski definition) is 3. The molecule has 3 nitrogen and oxygen atoms in total. The lowest BCUT2D eigenvalue weighted by molar-refractivity contribution is -0.156. The van der Waals surface area contributed by atoms with Gasteiger partial charge in [0.1, 0.15) is 5.75 Å². The highest BCUT2D eigenvalue weighted by Gasteiger charge is 2.30. The predicted octanol–water partition coefficient (Wildman–Crippen LogP) is 2.91. The number of alkyl halides is 1. The Kier molecular flexibility index (Phi) is 4.35. The monoisotopic (exact) mass is 286 g/mol. The summed E-state index contributed by atoms with van der Waals surface area (Å²) in [6, 6.07) is 7.55. The number of halogens is 1. The van der Waals surface area contributed by atoms with Crippen LogP contribution in [0.5, 0.6) is 5.75 Å². The van der Waals surface area contributed by atoms with Crippen LogP contribution in [0.2, 0.25) is 0 Å². The first-order valence-corrected chi connectivity index (χ1v) is 6.04. The number of rotatable bonds is 4. The van der Waals surface area contributed by atoms with E-state index in [2.05, 4.69) is 20.7 Å². The van der Waals surface area contributed by atoms with E-state index >= 15 is 0 Å². The van der Waals surface area contributed by atoms with E-state index in [1.807, 2.05) is 24.3 Å². The molecule has 88 valence electrons. The molecule has 0 atom stereocenters. The van der Waals surface area contributed by atoms with Gasteiger partial charge in [-0.05, 0) is 31.5 Å². The lowest BCUT2D eigenvalue weighted by Crippen LogP contribution is -2.39. The zero-order valence-electron chi connectivity index (χ0n) is 9.62. The van der Waals surface area contributed by atoms with Gasteiger partial charge in [-0.25, -0.2) is 4.79 Å². The summed E-state index contributed by atoms with van der Waals surface area (Å²) in [5.41, 5.74) is 0.188. The predicted molar refractivity (Wildman–Crippen MR) is 65.8 cm³/mol. The van der Waals surface area contributed by atoms with Crippen molar-refractivity contribution in [2.75, 3.05) is 7.11 Å². The van der Waals surface area contributed by atoms with Crippen LogP contribution in [0.3, 0.4) is 0 Å². The molecule has 0 aliphatic carbocycles. The zero-order valence-corrected chi connectivity index (χ0v) is 11.2. The SMILES string of the molecule is COC(=O)C(C)(C)Oc1ccc(CBr)cc1. The third-order valence-corrected chi connectivity index (χ3v) is 2.78. The number of ether oxygens (including phenoxy) is 2. The molecule has 0 N–H and O–H groups in total. The third-order valence-electron chi connectivity index (χ3n) is 2.13. The second-order valence-electron chi connectivity index (χ2n) is 3.88. The van der Waals surface area contributed by atoms with E-state index in [0.29, 0.717) is 5.75 Å². The molecule has 0 aliphatic heterocycles. The van der Waals surface area contributed by atoms with Crippen molar-refractivity contribution in [1.82, 2.24) is 0 Å². The molecule has 0 bridgehead atoms. The van der Waals surface area contributed by atoms with Crippen LogP contribution in [0.1, 0.15) is 19.4 Å². The van der Waals surface area contributed by atoms with Gasteiger partial charge >= 0.3 is 5.97 Å².